The average Bonchev–Trinajstić information content (AvgIpc) is 3.15. The highest BCUT2D eigenvalue weighted by Crippen LogP contribution is 2.31. The van der Waals surface area contributed by atoms with Crippen molar-refractivity contribution in [2.75, 3.05) is 17.7 Å². The van der Waals surface area contributed by atoms with E-state index in [0.717, 1.165) is 0 Å². The summed E-state index contributed by atoms with van der Waals surface area (Å²) in [6.07, 6.45) is 6.89. The molecule has 4 rings (SSSR count). The first kappa shape index (κ1) is 22.4. The molecule has 3 N–H and O–H groups in total. The molecule has 170 valence electrons. The third-order valence-corrected chi connectivity index (χ3v) is 5.08. The highest BCUT2D eigenvalue weighted by atomic mass is 35.5. The van der Waals surface area contributed by atoms with Crippen molar-refractivity contribution in [2.24, 2.45) is 7.05 Å². The maximum Gasteiger partial charge on any atom is 0.222 e. The zero-order valence-corrected chi connectivity index (χ0v) is 18.8. The third kappa shape index (κ3) is 5.17. The normalized spacial score (nSPS) is 11.9. The lowest BCUT2D eigenvalue weighted by Crippen LogP contribution is -2.19. The van der Waals surface area contributed by atoms with Crippen molar-refractivity contribution < 1.29 is 9.13 Å². The monoisotopic (exact) mass is 468 g/mol. The van der Waals surface area contributed by atoms with Crippen molar-refractivity contribution in [1.82, 2.24) is 29.7 Å². The molecule has 0 aliphatic heterocycles. The van der Waals surface area contributed by atoms with E-state index in [9.17, 15) is 4.39 Å². The zero-order chi connectivity index (χ0) is 23.4. The molecule has 0 aromatic carbocycles. The molecule has 9 nitrogen and oxygen atoms in total. The van der Waals surface area contributed by atoms with E-state index in [4.69, 9.17) is 22.1 Å². The lowest BCUT2D eigenvalue weighted by molar-refractivity contribution is 0.280. The van der Waals surface area contributed by atoms with E-state index in [1.165, 1.54) is 24.5 Å². The van der Waals surface area contributed by atoms with E-state index in [1.807, 2.05) is 6.92 Å². The molecule has 1 atom stereocenters. The summed E-state index contributed by atoms with van der Waals surface area (Å²) in [5.41, 5.74) is 7.79. The van der Waals surface area contributed by atoms with Gasteiger partial charge < -0.3 is 15.8 Å². The third-order valence-electron chi connectivity index (χ3n) is 4.88. The van der Waals surface area contributed by atoms with Gasteiger partial charge in [-0.2, -0.15) is 5.10 Å². The summed E-state index contributed by atoms with van der Waals surface area (Å²) in [4.78, 5) is 16.7. The standard InChI is InChI=1S/C22H22ClFN8O/c1-13(30-17-10-18(23)28-11-14(17)20-16(24)4-3-7-26-20)6-9-33-22-15(12-29-32(22)2)21-27-8-5-19(25)31-21/h3-5,7-8,10-13H,6,9H2,1-2H3,(H,28,30)(H2,25,27,31)/t13-/m1/s1. The van der Waals surface area contributed by atoms with Crippen LogP contribution in [0, 0.1) is 5.82 Å². The molecule has 4 aromatic heterocycles. The van der Waals surface area contributed by atoms with Crippen LogP contribution >= 0.6 is 11.6 Å². The Balaban J connectivity index is 1.45. The minimum absolute atomic E-state index is 0.0331. The second-order valence-electron chi connectivity index (χ2n) is 7.36. The van der Waals surface area contributed by atoms with Crippen LogP contribution in [-0.2, 0) is 7.05 Å². The van der Waals surface area contributed by atoms with Crippen LogP contribution < -0.4 is 15.8 Å². The molecule has 0 bridgehead atoms. The van der Waals surface area contributed by atoms with Crippen LogP contribution in [0.15, 0.2) is 49.1 Å². The number of nitrogen functional groups attached to an aromatic ring is 1. The number of hydrogen-bond acceptors (Lipinski definition) is 8. The first-order chi connectivity index (χ1) is 15.9. The summed E-state index contributed by atoms with van der Waals surface area (Å²) in [6.45, 7) is 2.37. The summed E-state index contributed by atoms with van der Waals surface area (Å²) in [5, 5.41) is 7.89. The topological polar surface area (TPSA) is 117 Å². The van der Waals surface area contributed by atoms with E-state index in [-0.39, 0.29) is 11.7 Å². The minimum atomic E-state index is -0.437. The Labute approximate surface area is 194 Å². The van der Waals surface area contributed by atoms with Crippen LogP contribution in [0.2, 0.25) is 5.15 Å². The van der Waals surface area contributed by atoms with Crippen LogP contribution in [0.3, 0.4) is 0 Å². The maximum atomic E-state index is 14.3. The van der Waals surface area contributed by atoms with Crippen molar-refractivity contribution in [2.45, 2.75) is 19.4 Å². The summed E-state index contributed by atoms with van der Waals surface area (Å²) in [7, 11) is 1.78. The lowest BCUT2D eigenvalue weighted by Gasteiger charge is -2.18. The van der Waals surface area contributed by atoms with E-state index < -0.39 is 5.82 Å². The average molecular weight is 469 g/mol. The number of aryl methyl sites for hydroxylation is 1. The predicted molar refractivity (Wildman–Crippen MR) is 124 cm³/mol. The smallest absolute Gasteiger partial charge is 0.222 e. The van der Waals surface area contributed by atoms with Gasteiger partial charge in [-0.1, -0.05) is 11.6 Å². The van der Waals surface area contributed by atoms with Crippen LogP contribution in [0.5, 0.6) is 5.88 Å². The number of nitrogens with zero attached hydrogens (tertiary/aromatic N) is 6. The Morgan fingerprint density at radius 1 is 1.18 bits per heavy atom. The van der Waals surface area contributed by atoms with Crippen LogP contribution in [0.4, 0.5) is 15.9 Å². The van der Waals surface area contributed by atoms with Gasteiger partial charge in [-0.3, -0.25) is 4.98 Å². The molecule has 0 aliphatic rings. The van der Waals surface area contributed by atoms with Gasteiger partial charge in [0.05, 0.1) is 12.8 Å². The second kappa shape index (κ2) is 9.78. The Bertz CT molecular complexity index is 1260. The number of ether oxygens (including phenoxy) is 1. The summed E-state index contributed by atoms with van der Waals surface area (Å²) in [6, 6.07) is 6.13. The molecule has 11 heteroatoms. The number of nitrogens with two attached hydrogens (primary N) is 1. The quantitative estimate of drug-likeness (QED) is 0.373. The number of hydrogen-bond donors (Lipinski definition) is 2. The van der Waals surface area contributed by atoms with Gasteiger partial charge in [0.1, 0.15) is 28.0 Å². The highest BCUT2D eigenvalue weighted by Gasteiger charge is 2.17. The number of aromatic nitrogens is 6. The number of nitrogens with one attached hydrogen (secondary N) is 1. The van der Waals surface area contributed by atoms with Gasteiger partial charge in [-0.25, -0.2) is 24.0 Å². The molecule has 0 saturated heterocycles. The first-order valence-corrected chi connectivity index (χ1v) is 10.6. The fourth-order valence-corrected chi connectivity index (χ4v) is 3.40. The molecule has 0 radical (unpaired) electrons. The van der Waals surface area contributed by atoms with Gasteiger partial charge >= 0.3 is 0 Å². The summed E-state index contributed by atoms with van der Waals surface area (Å²) in [5.74, 6) is 0.908. The predicted octanol–water partition coefficient (Wildman–Crippen LogP) is 3.98. The Kier molecular flexibility index (Phi) is 6.64. The molecule has 0 amide bonds. The van der Waals surface area contributed by atoms with Crippen molar-refractivity contribution in [3.05, 3.63) is 60.0 Å². The Morgan fingerprint density at radius 2 is 2.03 bits per heavy atom. The number of halogens is 2. The first-order valence-electron chi connectivity index (χ1n) is 10.2. The number of rotatable bonds is 8. The van der Waals surface area contributed by atoms with Gasteiger partial charge in [0.25, 0.3) is 0 Å². The van der Waals surface area contributed by atoms with Gasteiger partial charge in [-0.15, -0.1) is 0 Å². The Hall–Kier alpha value is -3.79. The fraction of sp³-hybridized carbons (Fsp3) is 0.227. The zero-order valence-electron chi connectivity index (χ0n) is 18.0. The van der Waals surface area contributed by atoms with Crippen LogP contribution in [0.1, 0.15) is 13.3 Å². The van der Waals surface area contributed by atoms with Crippen molar-refractivity contribution in [3.63, 3.8) is 0 Å². The van der Waals surface area contributed by atoms with Gasteiger partial charge in [0, 0.05) is 49.4 Å². The number of pyridine rings is 2. The maximum absolute atomic E-state index is 14.3. The molecular formula is C22H22ClFN8O. The van der Waals surface area contributed by atoms with E-state index >= 15 is 0 Å². The van der Waals surface area contributed by atoms with Crippen molar-refractivity contribution in [3.8, 4) is 28.5 Å². The lowest BCUT2D eigenvalue weighted by atomic mass is 10.1. The van der Waals surface area contributed by atoms with Gasteiger partial charge in [0.15, 0.2) is 5.82 Å². The van der Waals surface area contributed by atoms with Gasteiger partial charge in [-0.05, 0) is 31.2 Å². The summed E-state index contributed by atoms with van der Waals surface area (Å²) < 4.78 is 21.9. The molecule has 33 heavy (non-hydrogen) atoms. The molecule has 0 unspecified atom stereocenters. The largest absolute Gasteiger partial charge is 0.477 e. The summed E-state index contributed by atoms with van der Waals surface area (Å²) >= 11 is 6.08. The van der Waals surface area contributed by atoms with E-state index in [2.05, 4.69) is 30.4 Å². The Morgan fingerprint density at radius 3 is 2.82 bits per heavy atom. The SMILES string of the molecule is C[C@H](CCOc1c(-c2nccc(N)n2)cnn1C)Nc1cc(Cl)ncc1-c1ncccc1F. The molecule has 0 saturated carbocycles. The molecule has 0 aliphatic carbocycles. The molecule has 4 heterocycles. The molecule has 4 aromatic rings. The van der Waals surface area contributed by atoms with Crippen molar-refractivity contribution >= 4 is 23.1 Å². The van der Waals surface area contributed by atoms with Crippen molar-refractivity contribution in [1.29, 1.82) is 0 Å². The second-order valence-corrected chi connectivity index (χ2v) is 7.75. The van der Waals surface area contributed by atoms with Gasteiger partial charge in [0.2, 0.25) is 5.88 Å². The highest BCUT2D eigenvalue weighted by molar-refractivity contribution is 6.29. The van der Waals surface area contributed by atoms with E-state index in [0.29, 0.717) is 52.5 Å². The molecular weight excluding hydrogens is 447 g/mol. The van der Waals surface area contributed by atoms with Crippen LogP contribution in [-0.4, -0.2) is 42.4 Å². The minimum Gasteiger partial charge on any atom is -0.477 e. The fourth-order valence-electron chi connectivity index (χ4n) is 3.25. The molecule has 0 fully saturated rings. The molecule has 0 spiro atoms. The van der Waals surface area contributed by atoms with E-state index in [1.54, 1.807) is 36.3 Å². The number of anilines is 2. The van der Waals surface area contributed by atoms with Crippen LogP contribution in [0.25, 0.3) is 22.6 Å².